The first-order valence-electron chi connectivity index (χ1n) is 5.96. The Balaban J connectivity index is 0.000000251. The Morgan fingerprint density at radius 3 is 2.15 bits per heavy atom. The van der Waals surface area contributed by atoms with E-state index < -0.39 is 0 Å². The van der Waals surface area contributed by atoms with Crippen molar-refractivity contribution >= 4 is 0 Å². The van der Waals surface area contributed by atoms with Gasteiger partial charge < -0.3 is 5.32 Å². The van der Waals surface area contributed by atoms with E-state index in [1.807, 2.05) is 0 Å². The molecule has 1 unspecified atom stereocenters. The molecule has 0 amide bonds. The monoisotopic (exact) mass is 183 g/mol. The molecule has 1 heterocycles. The molecule has 0 aromatic rings. The van der Waals surface area contributed by atoms with Gasteiger partial charge >= 0.3 is 0 Å². The van der Waals surface area contributed by atoms with Crippen LogP contribution >= 0.6 is 0 Å². The van der Waals surface area contributed by atoms with Crippen molar-refractivity contribution in [1.82, 2.24) is 5.32 Å². The Labute approximate surface area is 83.3 Å². The summed E-state index contributed by atoms with van der Waals surface area (Å²) in [7, 11) is 0. The summed E-state index contributed by atoms with van der Waals surface area (Å²) >= 11 is 0. The molecule has 1 heteroatoms. The van der Waals surface area contributed by atoms with Crippen LogP contribution in [0.2, 0.25) is 0 Å². The summed E-state index contributed by atoms with van der Waals surface area (Å²) in [6.07, 6.45) is 8.63. The maximum absolute atomic E-state index is 3.55. The molecule has 1 saturated heterocycles. The molecule has 1 nitrogen and oxygen atoms in total. The van der Waals surface area contributed by atoms with E-state index in [0.29, 0.717) is 0 Å². The third-order valence-corrected chi connectivity index (χ3v) is 3.23. The predicted octanol–water partition coefficient (Wildman–Crippen LogP) is 3.34. The van der Waals surface area contributed by atoms with Crippen molar-refractivity contribution in [3.8, 4) is 0 Å². The molecule has 2 fully saturated rings. The lowest BCUT2D eigenvalue weighted by Crippen LogP contribution is -2.20. The Bertz CT molecular complexity index is 136. The van der Waals surface area contributed by atoms with Crippen molar-refractivity contribution in [2.45, 2.75) is 65.3 Å². The number of hydrogen-bond donors (Lipinski definition) is 1. The van der Waals surface area contributed by atoms with E-state index in [-0.39, 0.29) is 0 Å². The van der Waals surface area contributed by atoms with Crippen LogP contribution in [0, 0.1) is 5.41 Å². The van der Waals surface area contributed by atoms with Crippen molar-refractivity contribution in [1.29, 1.82) is 0 Å². The van der Waals surface area contributed by atoms with Gasteiger partial charge in [0, 0.05) is 12.6 Å². The molecule has 1 atom stereocenters. The molecule has 13 heavy (non-hydrogen) atoms. The summed E-state index contributed by atoms with van der Waals surface area (Å²) in [5, 5.41) is 3.55. The minimum absolute atomic E-state index is 0.749. The zero-order chi connectivity index (χ0) is 9.73. The second-order valence-corrected chi connectivity index (χ2v) is 4.90. The Hall–Kier alpha value is -0.0400. The van der Waals surface area contributed by atoms with Gasteiger partial charge in [-0.05, 0) is 31.6 Å². The van der Waals surface area contributed by atoms with Crippen LogP contribution < -0.4 is 5.32 Å². The summed E-state index contributed by atoms with van der Waals surface area (Å²) in [6, 6.07) is 0.790. The van der Waals surface area contributed by atoms with E-state index in [1.165, 1.54) is 45.1 Å². The lowest BCUT2D eigenvalue weighted by Gasteiger charge is -2.20. The van der Waals surface area contributed by atoms with Gasteiger partial charge in [-0.2, -0.15) is 0 Å². The fourth-order valence-corrected chi connectivity index (χ4v) is 2.69. The lowest BCUT2D eigenvalue weighted by atomic mass is 9.84. The van der Waals surface area contributed by atoms with E-state index in [9.17, 15) is 0 Å². The molecule has 0 bridgehead atoms. The third kappa shape index (κ3) is 2.98. The summed E-state index contributed by atoms with van der Waals surface area (Å²) in [5.74, 6) is 0. The average molecular weight is 183 g/mol. The summed E-state index contributed by atoms with van der Waals surface area (Å²) in [5.41, 5.74) is 0.749. The first kappa shape index (κ1) is 11.0. The van der Waals surface area contributed by atoms with Gasteiger partial charge in [-0.3, -0.25) is 0 Å². The fourth-order valence-electron chi connectivity index (χ4n) is 2.69. The van der Waals surface area contributed by atoms with Crippen LogP contribution in [-0.2, 0) is 0 Å². The highest BCUT2D eigenvalue weighted by molar-refractivity contribution is 4.94. The van der Waals surface area contributed by atoms with Crippen molar-refractivity contribution in [2.24, 2.45) is 5.41 Å². The van der Waals surface area contributed by atoms with Gasteiger partial charge in [0.25, 0.3) is 0 Å². The minimum atomic E-state index is 0.749. The SMILES string of the molecule is CC1CC2(CCCC2)CN1.CCC. The van der Waals surface area contributed by atoms with Gasteiger partial charge in [0.15, 0.2) is 0 Å². The van der Waals surface area contributed by atoms with Crippen LogP contribution in [0.4, 0.5) is 0 Å². The zero-order valence-corrected chi connectivity index (χ0v) is 9.53. The summed E-state index contributed by atoms with van der Waals surface area (Å²) in [4.78, 5) is 0. The third-order valence-electron chi connectivity index (χ3n) is 3.23. The quantitative estimate of drug-likeness (QED) is 0.607. The van der Waals surface area contributed by atoms with Crippen LogP contribution in [0.15, 0.2) is 0 Å². The minimum Gasteiger partial charge on any atom is -0.314 e. The topological polar surface area (TPSA) is 12.0 Å². The van der Waals surface area contributed by atoms with E-state index in [4.69, 9.17) is 0 Å². The Morgan fingerprint density at radius 2 is 1.77 bits per heavy atom. The van der Waals surface area contributed by atoms with Crippen molar-refractivity contribution in [3.05, 3.63) is 0 Å². The summed E-state index contributed by atoms with van der Waals surface area (Å²) < 4.78 is 0. The van der Waals surface area contributed by atoms with E-state index in [0.717, 1.165) is 11.5 Å². The van der Waals surface area contributed by atoms with Gasteiger partial charge in [0.2, 0.25) is 0 Å². The van der Waals surface area contributed by atoms with E-state index in [1.54, 1.807) is 0 Å². The van der Waals surface area contributed by atoms with Crippen LogP contribution in [0.1, 0.15) is 59.3 Å². The standard InChI is InChI=1S/C9H17N.C3H8/c1-8-6-9(7-10-8)4-2-3-5-9;1-3-2/h8,10H,2-7H2,1H3;3H2,1-2H3. The molecular formula is C12H25N. The van der Waals surface area contributed by atoms with Crippen molar-refractivity contribution < 1.29 is 0 Å². The molecule has 1 spiro atoms. The van der Waals surface area contributed by atoms with Gasteiger partial charge in [-0.15, -0.1) is 0 Å². The highest BCUT2D eigenvalue weighted by Gasteiger charge is 2.38. The molecule has 1 aliphatic carbocycles. The van der Waals surface area contributed by atoms with E-state index in [2.05, 4.69) is 26.1 Å². The van der Waals surface area contributed by atoms with Gasteiger partial charge in [-0.25, -0.2) is 0 Å². The molecule has 0 radical (unpaired) electrons. The highest BCUT2D eigenvalue weighted by atomic mass is 15.0. The second-order valence-electron chi connectivity index (χ2n) is 4.90. The molecular weight excluding hydrogens is 158 g/mol. The molecule has 1 N–H and O–H groups in total. The second kappa shape index (κ2) is 4.99. The normalized spacial score (nSPS) is 30.2. The van der Waals surface area contributed by atoms with E-state index >= 15 is 0 Å². The first-order chi connectivity index (χ1) is 6.22. The molecule has 78 valence electrons. The molecule has 1 saturated carbocycles. The van der Waals surface area contributed by atoms with Crippen LogP contribution in [0.5, 0.6) is 0 Å². The molecule has 1 aliphatic heterocycles. The molecule has 0 aromatic heterocycles. The van der Waals surface area contributed by atoms with Crippen LogP contribution in [-0.4, -0.2) is 12.6 Å². The van der Waals surface area contributed by atoms with Crippen molar-refractivity contribution in [2.75, 3.05) is 6.54 Å². The average Bonchev–Trinajstić information content (AvgIpc) is 2.65. The number of nitrogens with one attached hydrogen (secondary N) is 1. The number of hydrogen-bond acceptors (Lipinski definition) is 1. The van der Waals surface area contributed by atoms with Gasteiger partial charge in [0.05, 0.1) is 0 Å². The summed E-state index contributed by atoms with van der Waals surface area (Å²) in [6.45, 7) is 7.86. The fraction of sp³-hybridized carbons (Fsp3) is 1.00. The lowest BCUT2D eigenvalue weighted by molar-refractivity contribution is 0.330. The van der Waals surface area contributed by atoms with Crippen molar-refractivity contribution in [3.63, 3.8) is 0 Å². The maximum Gasteiger partial charge on any atom is 0.00447 e. The molecule has 0 aromatic carbocycles. The maximum atomic E-state index is 3.55. The first-order valence-corrected chi connectivity index (χ1v) is 5.96. The zero-order valence-electron chi connectivity index (χ0n) is 9.53. The molecule has 2 aliphatic rings. The largest absolute Gasteiger partial charge is 0.314 e. The van der Waals surface area contributed by atoms with Crippen LogP contribution in [0.3, 0.4) is 0 Å². The Kier molecular flexibility index (Phi) is 4.24. The van der Waals surface area contributed by atoms with Gasteiger partial charge in [0.1, 0.15) is 0 Å². The molecule has 2 rings (SSSR count). The Morgan fingerprint density at radius 1 is 1.23 bits per heavy atom. The number of rotatable bonds is 0. The predicted molar refractivity (Wildman–Crippen MR) is 58.9 cm³/mol. The highest BCUT2D eigenvalue weighted by Crippen LogP contribution is 2.44. The van der Waals surface area contributed by atoms with Crippen LogP contribution in [0.25, 0.3) is 0 Å². The smallest absolute Gasteiger partial charge is 0.00447 e. The van der Waals surface area contributed by atoms with Gasteiger partial charge in [-0.1, -0.05) is 33.1 Å².